The maximum Gasteiger partial charge on any atom is 0.325 e. The fraction of sp³-hybridized carbons (Fsp3) is 0.250. The topological polar surface area (TPSA) is 73.7 Å². The van der Waals surface area contributed by atoms with E-state index in [9.17, 15) is 9.59 Å². The molecular weight excluding hydrogens is 382 g/mol. The molecule has 0 saturated heterocycles. The van der Waals surface area contributed by atoms with Crippen LogP contribution in [0.15, 0.2) is 48.5 Å². The molecule has 2 aromatic carbocycles. The monoisotopic (exact) mass is 401 g/mol. The van der Waals surface area contributed by atoms with Crippen LogP contribution in [-0.4, -0.2) is 47.0 Å². The summed E-state index contributed by atoms with van der Waals surface area (Å²) in [5, 5.41) is 0.624. The Bertz CT molecular complexity index is 985. The van der Waals surface area contributed by atoms with Gasteiger partial charge in [-0.15, -0.1) is 0 Å². The number of para-hydroxylation sites is 2. The van der Waals surface area contributed by atoms with Crippen LogP contribution in [-0.2, 0) is 27.5 Å². The molecule has 0 aliphatic heterocycles. The van der Waals surface area contributed by atoms with Gasteiger partial charge < -0.3 is 18.9 Å². The number of methoxy groups -OCH3 is 1. The molecule has 0 aliphatic carbocycles. The number of likely N-dealkylation sites (N-methyl/N-ethyl adjacent to an activating group) is 1. The number of rotatable bonds is 7. The average molecular weight is 402 g/mol. The Labute approximate surface area is 167 Å². The lowest BCUT2D eigenvalue weighted by atomic mass is 10.3. The number of imidazole rings is 1. The highest BCUT2D eigenvalue weighted by molar-refractivity contribution is 6.30. The number of hydrogen-bond acceptors (Lipinski definition) is 5. The third-order valence-corrected chi connectivity index (χ3v) is 4.48. The number of ether oxygens (including phenoxy) is 2. The molecule has 0 radical (unpaired) electrons. The van der Waals surface area contributed by atoms with Crippen LogP contribution in [0.4, 0.5) is 0 Å². The molecule has 0 unspecified atom stereocenters. The molecule has 1 heterocycles. The van der Waals surface area contributed by atoms with Crippen molar-refractivity contribution in [2.45, 2.75) is 13.2 Å². The molecule has 3 aromatic rings. The Morgan fingerprint density at radius 1 is 1.14 bits per heavy atom. The van der Waals surface area contributed by atoms with Crippen molar-refractivity contribution in [1.82, 2.24) is 14.5 Å². The number of halogens is 1. The predicted octanol–water partition coefficient (Wildman–Crippen LogP) is 2.90. The molecule has 28 heavy (non-hydrogen) atoms. The summed E-state index contributed by atoms with van der Waals surface area (Å²) in [6.45, 7) is 0.107. The van der Waals surface area contributed by atoms with Gasteiger partial charge in [-0.2, -0.15) is 0 Å². The Kier molecular flexibility index (Phi) is 6.16. The zero-order valence-corrected chi connectivity index (χ0v) is 16.3. The minimum Gasteiger partial charge on any atom is -0.486 e. The van der Waals surface area contributed by atoms with E-state index in [1.54, 1.807) is 35.9 Å². The van der Waals surface area contributed by atoms with E-state index < -0.39 is 5.97 Å². The molecule has 0 fully saturated rings. The standard InChI is InChI=1S/C20H20ClN3O4/c1-23(12-20(26)27-2)19(25)11-24-17-6-4-3-5-16(17)22-18(24)13-28-15-9-7-14(21)8-10-15/h3-10H,11-13H2,1-2H3. The van der Waals surface area contributed by atoms with E-state index >= 15 is 0 Å². The highest BCUT2D eigenvalue weighted by Gasteiger charge is 2.18. The maximum absolute atomic E-state index is 12.6. The van der Waals surface area contributed by atoms with Gasteiger partial charge >= 0.3 is 5.97 Å². The first-order valence-electron chi connectivity index (χ1n) is 8.61. The Balaban J connectivity index is 1.81. The van der Waals surface area contributed by atoms with E-state index in [4.69, 9.17) is 16.3 Å². The smallest absolute Gasteiger partial charge is 0.325 e. The van der Waals surface area contributed by atoms with Gasteiger partial charge in [0.05, 0.1) is 18.1 Å². The van der Waals surface area contributed by atoms with Crippen molar-refractivity contribution < 1.29 is 19.1 Å². The molecule has 0 spiro atoms. The number of carbonyl (C=O) groups is 2. The van der Waals surface area contributed by atoms with Crippen molar-refractivity contribution in [2.24, 2.45) is 0 Å². The normalized spacial score (nSPS) is 10.7. The van der Waals surface area contributed by atoms with Gasteiger partial charge in [0, 0.05) is 12.1 Å². The lowest BCUT2D eigenvalue weighted by molar-refractivity contribution is -0.146. The SMILES string of the molecule is COC(=O)CN(C)C(=O)Cn1c(COc2ccc(Cl)cc2)nc2ccccc21. The first-order chi connectivity index (χ1) is 13.5. The Morgan fingerprint density at radius 3 is 2.57 bits per heavy atom. The summed E-state index contributed by atoms with van der Waals surface area (Å²) in [7, 11) is 2.85. The fourth-order valence-electron chi connectivity index (χ4n) is 2.69. The largest absolute Gasteiger partial charge is 0.486 e. The fourth-order valence-corrected chi connectivity index (χ4v) is 2.82. The molecule has 0 aliphatic rings. The maximum atomic E-state index is 12.6. The average Bonchev–Trinajstić information content (AvgIpc) is 3.04. The van der Waals surface area contributed by atoms with Crippen molar-refractivity contribution in [1.29, 1.82) is 0 Å². The first kappa shape index (κ1) is 19.7. The first-order valence-corrected chi connectivity index (χ1v) is 8.99. The van der Waals surface area contributed by atoms with Crippen LogP contribution < -0.4 is 4.74 Å². The Morgan fingerprint density at radius 2 is 1.86 bits per heavy atom. The second-order valence-corrected chi connectivity index (χ2v) is 6.61. The summed E-state index contributed by atoms with van der Waals surface area (Å²) in [6, 6.07) is 14.6. The van der Waals surface area contributed by atoms with E-state index in [1.807, 2.05) is 24.3 Å². The van der Waals surface area contributed by atoms with E-state index in [1.165, 1.54) is 12.0 Å². The summed E-state index contributed by atoms with van der Waals surface area (Å²) in [4.78, 5) is 29.9. The van der Waals surface area contributed by atoms with Gasteiger partial charge in [-0.25, -0.2) is 4.98 Å². The number of amides is 1. The van der Waals surface area contributed by atoms with Gasteiger partial charge in [-0.1, -0.05) is 23.7 Å². The van der Waals surface area contributed by atoms with Crippen molar-refractivity contribution in [3.63, 3.8) is 0 Å². The highest BCUT2D eigenvalue weighted by atomic mass is 35.5. The van der Waals surface area contributed by atoms with Crippen LogP contribution in [0.3, 0.4) is 0 Å². The van der Waals surface area contributed by atoms with Crippen LogP contribution in [0, 0.1) is 0 Å². The van der Waals surface area contributed by atoms with Gasteiger partial charge in [0.1, 0.15) is 31.3 Å². The minimum atomic E-state index is -0.474. The molecule has 0 atom stereocenters. The van der Waals surface area contributed by atoms with Gasteiger partial charge in [0.15, 0.2) is 0 Å². The van der Waals surface area contributed by atoms with Crippen LogP contribution in [0.1, 0.15) is 5.82 Å². The number of nitrogens with zero attached hydrogens (tertiary/aromatic N) is 3. The molecule has 1 aromatic heterocycles. The number of benzene rings is 2. The molecule has 0 N–H and O–H groups in total. The van der Waals surface area contributed by atoms with Gasteiger partial charge in [0.25, 0.3) is 0 Å². The lowest BCUT2D eigenvalue weighted by Crippen LogP contribution is -2.35. The summed E-state index contributed by atoms with van der Waals surface area (Å²) in [5.74, 6) is 0.548. The van der Waals surface area contributed by atoms with Crippen molar-refractivity contribution in [2.75, 3.05) is 20.7 Å². The van der Waals surface area contributed by atoms with Crippen LogP contribution in [0.25, 0.3) is 11.0 Å². The third kappa shape index (κ3) is 4.61. The summed E-state index contributed by atoms with van der Waals surface area (Å²) in [5.41, 5.74) is 1.58. The van der Waals surface area contributed by atoms with Gasteiger partial charge in [-0.05, 0) is 36.4 Å². The number of hydrogen-bond donors (Lipinski definition) is 0. The molecule has 3 rings (SSSR count). The molecule has 0 saturated carbocycles. The second-order valence-electron chi connectivity index (χ2n) is 6.17. The molecular formula is C20H20ClN3O4. The highest BCUT2D eigenvalue weighted by Crippen LogP contribution is 2.20. The van der Waals surface area contributed by atoms with E-state index in [2.05, 4.69) is 9.72 Å². The zero-order valence-electron chi connectivity index (χ0n) is 15.6. The zero-order chi connectivity index (χ0) is 20.1. The van der Waals surface area contributed by atoms with E-state index in [-0.39, 0.29) is 25.6 Å². The summed E-state index contributed by atoms with van der Waals surface area (Å²) in [6.07, 6.45) is 0. The van der Waals surface area contributed by atoms with Crippen molar-refractivity contribution in [3.05, 3.63) is 59.4 Å². The second kappa shape index (κ2) is 8.75. The number of esters is 1. The Hall–Kier alpha value is -3.06. The quantitative estimate of drug-likeness (QED) is 0.569. The van der Waals surface area contributed by atoms with E-state index in [0.29, 0.717) is 16.6 Å². The molecule has 0 bridgehead atoms. The van der Waals surface area contributed by atoms with Crippen molar-refractivity contribution >= 4 is 34.5 Å². The third-order valence-electron chi connectivity index (χ3n) is 4.23. The molecule has 1 amide bonds. The number of aromatic nitrogens is 2. The lowest BCUT2D eigenvalue weighted by Gasteiger charge is -2.17. The predicted molar refractivity (Wildman–Crippen MR) is 105 cm³/mol. The molecule has 146 valence electrons. The number of carbonyl (C=O) groups excluding carboxylic acids is 2. The molecule has 7 nitrogen and oxygen atoms in total. The van der Waals surface area contributed by atoms with Crippen molar-refractivity contribution in [3.8, 4) is 5.75 Å². The summed E-state index contributed by atoms with van der Waals surface area (Å²) < 4.78 is 12.2. The van der Waals surface area contributed by atoms with Crippen LogP contribution >= 0.6 is 11.6 Å². The van der Waals surface area contributed by atoms with E-state index in [0.717, 1.165) is 11.0 Å². The van der Waals surface area contributed by atoms with Crippen LogP contribution in [0.2, 0.25) is 5.02 Å². The number of fused-ring (bicyclic) bond motifs is 1. The molecule has 8 heteroatoms. The van der Waals surface area contributed by atoms with Crippen LogP contribution in [0.5, 0.6) is 5.75 Å². The van der Waals surface area contributed by atoms with Gasteiger partial charge in [-0.3, -0.25) is 9.59 Å². The minimum absolute atomic E-state index is 0.0350. The van der Waals surface area contributed by atoms with Gasteiger partial charge in [0.2, 0.25) is 5.91 Å². The summed E-state index contributed by atoms with van der Waals surface area (Å²) >= 11 is 5.89.